The van der Waals surface area contributed by atoms with Gasteiger partial charge in [0, 0.05) is 11.4 Å². The van der Waals surface area contributed by atoms with Gasteiger partial charge in [0.25, 0.3) is 0 Å². The van der Waals surface area contributed by atoms with E-state index in [1.54, 1.807) is 11.3 Å². The lowest BCUT2D eigenvalue weighted by atomic mass is 9.74. The van der Waals surface area contributed by atoms with Gasteiger partial charge in [0.05, 0.1) is 30.7 Å². The lowest BCUT2D eigenvalue weighted by Gasteiger charge is -2.49. The van der Waals surface area contributed by atoms with Gasteiger partial charge < -0.3 is 19.6 Å². The van der Waals surface area contributed by atoms with Crippen LogP contribution in [0.3, 0.4) is 0 Å². The van der Waals surface area contributed by atoms with Gasteiger partial charge in [-0.05, 0) is 36.0 Å². The van der Waals surface area contributed by atoms with Crippen molar-refractivity contribution in [3.05, 3.63) is 22.4 Å². The molecular weight excluding hydrogens is 344 g/mol. The number of carbonyl (C=O) groups is 1. The number of ether oxygens (including phenoxy) is 1. The van der Waals surface area contributed by atoms with E-state index in [1.807, 2.05) is 6.07 Å². The maximum Gasteiger partial charge on any atom is 0.311 e. The van der Waals surface area contributed by atoms with Gasteiger partial charge in [-0.2, -0.15) is 0 Å². The number of aliphatic hydroxyl groups excluding tert-OH is 1. The number of hydrogen-bond acceptors (Lipinski definition) is 5. The Morgan fingerprint density at radius 2 is 2.21 bits per heavy atom. The Morgan fingerprint density at radius 1 is 1.42 bits per heavy atom. The van der Waals surface area contributed by atoms with Gasteiger partial charge >= 0.3 is 5.97 Å². The highest BCUT2D eigenvalue weighted by molar-refractivity contribution is 7.80. The fourth-order valence-corrected chi connectivity index (χ4v) is 5.40. The fraction of sp³-hybridized carbons (Fsp3) is 0.647. The van der Waals surface area contributed by atoms with E-state index in [4.69, 9.17) is 17.0 Å². The van der Waals surface area contributed by atoms with Gasteiger partial charge in [-0.1, -0.05) is 19.9 Å². The summed E-state index contributed by atoms with van der Waals surface area (Å²) < 4.78 is 5.55. The second-order valence-electron chi connectivity index (χ2n) is 7.33. The quantitative estimate of drug-likeness (QED) is 0.648. The molecule has 4 fully saturated rings. The van der Waals surface area contributed by atoms with Crippen molar-refractivity contribution in [1.82, 2.24) is 9.80 Å². The predicted octanol–water partition coefficient (Wildman–Crippen LogP) is 1.85. The number of aliphatic hydroxyl groups is 1. The van der Waals surface area contributed by atoms with Crippen molar-refractivity contribution in [2.24, 2.45) is 11.8 Å². The van der Waals surface area contributed by atoms with Crippen molar-refractivity contribution in [1.29, 1.82) is 0 Å². The first-order chi connectivity index (χ1) is 11.5. The van der Waals surface area contributed by atoms with E-state index in [-0.39, 0.29) is 24.0 Å². The van der Waals surface area contributed by atoms with Crippen LogP contribution in [0.2, 0.25) is 0 Å². The van der Waals surface area contributed by atoms with Crippen LogP contribution in [0.15, 0.2) is 17.5 Å². The minimum atomic E-state index is -0.596. The summed E-state index contributed by atoms with van der Waals surface area (Å²) >= 11 is 7.48. The van der Waals surface area contributed by atoms with Crippen molar-refractivity contribution < 1.29 is 14.6 Å². The lowest BCUT2D eigenvalue weighted by Crippen LogP contribution is -2.66. The van der Waals surface area contributed by atoms with Crippen molar-refractivity contribution in [2.45, 2.75) is 51.1 Å². The Hall–Kier alpha value is -1.18. The van der Waals surface area contributed by atoms with Crippen LogP contribution in [0.1, 0.15) is 25.1 Å². The van der Waals surface area contributed by atoms with Gasteiger partial charge in [-0.3, -0.25) is 4.79 Å². The zero-order valence-corrected chi connectivity index (χ0v) is 15.4. The van der Waals surface area contributed by atoms with Gasteiger partial charge in [-0.15, -0.1) is 11.3 Å². The number of esters is 1. The summed E-state index contributed by atoms with van der Waals surface area (Å²) in [6.45, 7) is 5.86. The summed E-state index contributed by atoms with van der Waals surface area (Å²) in [5.41, 5.74) is 0. The van der Waals surface area contributed by atoms with Crippen molar-refractivity contribution >= 4 is 34.6 Å². The summed E-state index contributed by atoms with van der Waals surface area (Å²) in [6.07, 6.45) is -0.599. The molecule has 4 heterocycles. The lowest BCUT2D eigenvalue weighted by molar-refractivity contribution is -0.199. The van der Waals surface area contributed by atoms with Gasteiger partial charge in [0.1, 0.15) is 6.10 Å². The molecule has 24 heavy (non-hydrogen) atoms. The molecule has 1 aliphatic carbocycles. The molecule has 0 spiro atoms. The van der Waals surface area contributed by atoms with Crippen LogP contribution >= 0.6 is 23.6 Å². The summed E-state index contributed by atoms with van der Waals surface area (Å²) in [5.74, 6) is -0.0206. The van der Waals surface area contributed by atoms with Crippen LogP contribution < -0.4 is 0 Å². The minimum Gasteiger partial charge on any atom is -0.457 e. The third-order valence-corrected chi connectivity index (χ3v) is 6.54. The molecule has 2 bridgehead atoms. The Morgan fingerprint density at radius 3 is 2.88 bits per heavy atom. The monoisotopic (exact) mass is 366 g/mol. The van der Waals surface area contributed by atoms with Crippen molar-refractivity contribution in [3.8, 4) is 0 Å². The van der Waals surface area contributed by atoms with Crippen LogP contribution in [-0.2, 0) is 16.1 Å². The second kappa shape index (κ2) is 5.97. The maximum absolute atomic E-state index is 12.3. The zero-order valence-electron chi connectivity index (χ0n) is 13.8. The number of thiocarbonyl (C=S) groups is 1. The number of nitrogens with zero attached hydrogens (tertiary/aromatic N) is 2. The SMILES string of the molecule is CC(C)CN1C(=S)N(Cc2cccs2)C2C3OC(=O)C(CC3O)C21. The number of carbonyl (C=O) groups excluding carboxylic acids is 1. The van der Waals surface area contributed by atoms with Crippen LogP contribution in [0, 0.1) is 11.8 Å². The average Bonchev–Trinajstić information content (AvgIpc) is 3.12. The zero-order chi connectivity index (χ0) is 17.0. The highest BCUT2D eigenvalue weighted by Gasteiger charge is 2.62. The van der Waals surface area contributed by atoms with Crippen LogP contribution in [0.5, 0.6) is 0 Å². The first-order valence-corrected chi connectivity index (χ1v) is 9.74. The number of rotatable bonds is 4. The van der Waals surface area contributed by atoms with Crippen LogP contribution in [0.25, 0.3) is 0 Å². The van der Waals surface area contributed by atoms with E-state index in [1.165, 1.54) is 4.88 Å². The smallest absolute Gasteiger partial charge is 0.311 e. The van der Waals surface area contributed by atoms with Gasteiger partial charge in [-0.25, -0.2) is 0 Å². The molecule has 3 aliphatic heterocycles. The summed E-state index contributed by atoms with van der Waals surface area (Å²) in [6, 6.07) is 4.10. The molecular formula is C17H22N2O3S2. The molecule has 1 saturated carbocycles. The van der Waals surface area contributed by atoms with E-state index >= 15 is 0 Å². The largest absolute Gasteiger partial charge is 0.457 e. The van der Waals surface area contributed by atoms with E-state index in [9.17, 15) is 9.90 Å². The molecule has 7 heteroatoms. The molecule has 130 valence electrons. The molecule has 1 N–H and O–H groups in total. The molecule has 5 unspecified atom stereocenters. The Labute approximate surface area is 151 Å². The molecule has 5 rings (SSSR count). The first kappa shape index (κ1) is 16.3. The van der Waals surface area contributed by atoms with E-state index in [0.29, 0.717) is 18.9 Å². The maximum atomic E-state index is 12.3. The summed E-state index contributed by atoms with van der Waals surface area (Å²) in [4.78, 5) is 17.9. The number of thiophene rings is 1. The standard InChI is InChI=1S/C17H22N2O3S2/c1-9(2)7-18-13-11-6-12(20)15(22-16(11)21)14(13)19(17(18)23)8-10-4-3-5-24-10/h3-5,9,11-15,20H,6-8H2,1-2H3. The molecule has 0 aromatic carbocycles. The van der Waals surface area contributed by atoms with E-state index < -0.39 is 12.2 Å². The Balaban J connectivity index is 1.70. The topological polar surface area (TPSA) is 53.0 Å². The number of hydrogen-bond donors (Lipinski definition) is 1. The minimum absolute atomic E-state index is 0.0227. The third-order valence-electron chi connectivity index (χ3n) is 5.21. The Bertz CT molecular complexity index is 648. The van der Waals surface area contributed by atoms with E-state index in [0.717, 1.165) is 11.7 Å². The molecule has 3 saturated heterocycles. The summed E-state index contributed by atoms with van der Waals surface area (Å²) in [7, 11) is 0. The molecule has 4 aliphatic rings. The number of fused-ring (bicyclic) bond motifs is 2. The first-order valence-electron chi connectivity index (χ1n) is 8.45. The highest BCUT2D eigenvalue weighted by Crippen LogP contribution is 2.45. The second-order valence-corrected chi connectivity index (χ2v) is 8.73. The molecule has 1 aromatic heterocycles. The fourth-order valence-electron chi connectivity index (χ4n) is 4.32. The van der Waals surface area contributed by atoms with Crippen molar-refractivity contribution in [3.63, 3.8) is 0 Å². The predicted molar refractivity (Wildman–Crippen MR) is 95.6 cm³/mol. The van der Waals surface area contributed by atoms with Crippen molar-refractivity contribution in [2.75, 3.05) is 6.54 Å². The van der Waals surface area contributed by atoms with E-state index in [2.05, 4.69) is 35.1 Å². The normalized spacial score (nSPS) is 34.9. The average molecular weight is 367 g/mol. The molecule has 5 atom stereocenters. The van der Waals surface area contributed by atoms with Gasteiger partial charge in [0.15, 0.2) is 5.11 Å². The van der Waals surface area contributed by atoms with Gasteiger partial charge in [0.2, 0.25) is 0 Å². The molecule has 0 amide bonds. The third kappa shape index (κ3) is 2.45. The molecule has 1 aromatic rings. The molecule has 0 radical (unpaired) electrons. The molecule has 5 nitrogen and oxygen atoms in total. The summed E-state index contributed by atoms with van der Waals surface area (Å²) in [5, 5.41) is 13.2. The highest BCUT2D eigenvalue weighted by atomic mass is 32.1. The van der Waals surface area contributed by atoms with Crippen LogP contribution in [-0.4, -0.2) is 56.8 Å². The Kier molecular flexibility index (Phi) is 4.05. The van der Waals surface area contributed by atoms with Crippen LogP contribution in [0.4, 0.5) is 0 Å².